The highest BCUT2D eigenvalue weighted by molar-refractivity contribution is 6.30. The van der Waals surface area contributed by atoms with Crippen LogP contribution in [0.25, 0.3) is 22.3 Å². The summed E-state index contributed by atoms with van der Waals surface area (Å²) in [4.78, 5) is 22.6. The topological polar surface area (TPSA) is 75.0 Å². The van der Waals surface area contributed by atoms with Crippen molar-refractivity contribution in [2.45, 2.75) is 18.8 Å². The van der Waals surface area contributed by atoms with Crippen LogP contribution in [-0.4, -0.2) is 39.0 Å². The molecule has 5 rings (SSSR count). The fourth-order valence-corrected chi connectivity index (χ4v) is 4.21. The van der Waals surface area contributed by atoms with Gasteiger partial charge in [0.15, 0.2) is 0 Å². The molecule has 0 atom stereocenters. The van der Waals surface area contributed by atoms with E-state index in [0.717, 1.165) is 24.1 Å². The number of piperidine rings is 1. The summed E-state index contributed by atoms with van der Waals surface area (Å²) in [5, 5.41) is 5.85. The van der Waals surface area contributed by atoms with Gasteiger partial charge in [0, 0.05) is 41.5 Å². The minimum atomic E-state index is -0.0461. The zero-order valence-corrected chi connectivity index (χ0v) is 16.4. The zero-order valence-electron chi connectivity index (χ0n) is 15.6. The highest BCUT2D eigenvalue weighted by Gasteiger charge is 2.28. The maximum Gasteiger partial charge on any atom is 0.259 e. The Bertz CT molecular complexity index is 1160. The van der Waals surface area contributed by atoms with E-state index in [4.69, 9.17) is 16.1 Å². The molecule has 3 aromatic heterocycles. The van der Waals surface area contributed by atoms with Crippen LogP contribution in [0.15, 0.2) is 59.6 Å². The normalized spacial score (nSPS) is 15.1. The number of halogens is 1. The van der Waals surface area contributed by atoms with E-state index in [9.17, 15) is 4.79 Å². The Labute approximate surface area is 172 Å². The number of aromatic amines is 1. The number of benzene rings is 1. The van der Waals surface area contributed by atoms with Crippen molar-refractivity contribution in [2.75, 3.05) is 13.1 Å². The maximum absolute atomic E-state index is 13.1. The van der Waals surface area contributed by atoms with E-state index in [1.54, 1.807) is 18.3 Å². The summed E-state index contributed by atoms with van der Waals surface area (Å²) in [6.45, 7) is 1.39. The van der Waals surface area contributed by atoms with Crippen molar-refractivity contribution < 1.29 is 9.32 Å². The summed E-state index contributed by atoms with van der Waals surface area (Å²) in [7, 11) is 0. The van der Waals surface area contributed by atoms with E-state index in [-0.39, 0.29) is 5.91 Å². The number of hydrogen-bond donors (Lipinski definition) is 1. The molecular formula is C22H19ClN4O2. The van der Waals surface area contributed by atoms with Gasteiger partial charge in [-0.05, 0) is 48.6 Å². The van der Waals surface area contributed by atoms with Gasteiger partial charge < -0.3 is 14.4 Å². The van der Waals surface area contributed by atoms with Crippen molar-refractivity contribution in [1.82, 2.24) is 20.0 Å². The van der Waals surface area contributed by atoms with Gasteiger partial charge in [-0.15, -0.1) is 0 Å². The molecule has 1 N–H and O–H groups in total. The molecule has 0 unspecified atom stereocenters. The van der Waals surface area contributed by atoms with Crippen LogP contribution in [0.4, 0.5) is 0 Å². The Kier molecular flexibility index (Phi) is 4.56. The molecule has 1 saturated heterocycles. The van der Waals surface area contributed by atoms with Crippen LogP contribution in [0, 0.1) is 0 Å². The largest absolute Gasteiger partial charge is 0.363 e. The Morgan fingerprint density at radius 2 is 1.97 bits per heavy atom. The molecule has 29 heavy (non-hydrogen) atoms. The Balaban J connectivity index is 1.32. The first kappa shape index (κ1) is 17.9. The number of amides is 1. The minimum Gasteiger partial charge on any atom is -0.363 e. The second kappa shape index (κ2) is 7.37. The van der Waals surface area contributed by atoms with Crippen LogP contribution in [0.1, 0.15) is 34.7 Å². The lowest BCUT2D eigenvalue weighted by Gasteiger charge is -2.31. The molecule has 1 aliphatic heterocycles. The highest BCUT2D eigenvalue weighted by Crippen LogP contribution is 2.33. The average Bonchev–Trinajstić information content (AvgIpc) is 3.41. The number of rotatable bonds is 3. The van der Waals surface area contributed by atoms with Gasteiger partial charge in [-0.3, -0.25) is 4.79 Å². The first-order valence-electron chi connectivity index (χ1n) is 9.62. The third-order valence-electron chi connectivity index (χ3n) is 5.62. The van der Waals surface area contributed by atoms with Gasteiger partial charge in [0.25, 0.3) is 5.91 Å². The molecule has 0 aliphatic carbocycles. The van der Waals surface area contributed by atoms with Crippen molar-refractivity contribution in [2.24, 2.45) is 0 Å². The fraction of sp³-hybridized carbons (Fsp3) is 0.227. The number of H-pyrrole nitrogens is 1. The predicted octanol–water partition coefficient (Wildman–Crippen LogP) is 4.89. The number of fused-ring (bicyclic) bond motifs is 1. The molecule has 1 amide bonds. The van der Waals surface area contributed by atoms with Crippen molar-refractivity contribution in [3.05, 3.63) is 71.2 Å². The summed E-state index contributed by atoms with van der Waals surface area (Å²) in [6, 6.07) is 11.3. The number of hydrogen-bond acceptors (Lipinski definition) is 4. The van der Waals surface area contributed by atoms with Crippen LogP contribution in [0.3, 0.4) is 0 Å². The quantitative estimate of drug-likeness (QED) is 0.525. The van der Waals surface area contributed by atoms with E-state index in [1.165, 1.54) is 17.2 Å². The minimum absolute atomic E-state index is 0.0461. The molecule has 0 radical (unpaired) electrons. The lowest BCUT2D eigenvalue weighted by atomic mass is 9.89. The van der Waals surface area contributed by atoms with Gasteiger partial charge in [-0.2, -0.15) is 0 Å². The smallest absolute Gasteiger partial charge is 0.259 e. The third kappa shape index (κ3) is 3.29. The molecule has 1 aliphatic rings. The van der Waals surface area contributed by atoms with Crippen LogP contribution in [0.5, 0.6) is 0 Å². The van der Waals surface area contributed by atoms with E-state index in [2.05, 4.69) is 27.4 Å². The average molecular weight is 407 g/mol. The standard InChI is InChI=1S/C22H19ClN4O2/c23-16-5-3-15(4-6-16)20-19(13-29-26-20)22(28)27-10-7-14(8-11-27)18-12-25-21-17(18)2-1-9-24-21/h1-6,9,12-14H,7-8,10-11H2,(H,24,25). The van der Waals surface area contributed by atoms with Crippen molar-refractivity contribution in [1.29, 1.82) is 0 Å². The van der Waals surface area contributed by atoms with E-state index in [1.807, 2.05) is 23.1 Å². The number of likely N-dealkylation sites (tertiary alicyclic amines) is 1. The van der Waals surface area contributed by atoms with Gasteiger partial charge in [0.2, 0.25) is 0 Å². The lowest BCUT2D eigenvalue weighted by Crippen LogP contribution is -2.38. The number of aromatic nitrogens is 3. The Morgan fingerprint density at radius 1 is 1.17 bits per heavy atom. The van der Waals surface area contributed by atoms with Crippen molar-refractivity contribution in [3.63, 3.8) is 0 Å². The Hall–Kier alpha value is -3.12. The number of nitrogens with one attached hydrogen (secondary N) is 1. The molecule has 1 fully saturated rings. The maximum atomic E-state index is 13.1. The van der Waals surface area contributed by atoms with E-state index in [0.29, 0.717) is 35.3 Å². The third-order valence-corrected chi connectivity index (χ3v) is 5.87. The second-order valence-electron chi connectivity index (χ2n) is 7.29. The molecule has 6 nitrogen and oxygen atoms in total. The summed E-state index contributed by atoms with van der Waals surface area (Å²) >= 11 is 5.96. The first-order valence-corrected chi connectivity index (χ1v) is 10.00. The zero-order chi connectivity index (χ0) is 19.8. The molecule has 146 valence electrons. The fourth-order valence-electron chi connectivity index (χ4n) is 4.08. The van der Waals surface area contributed by atoms with Crippen molar-refractivity contribution >= 4 is 28.5 Å². The van der Waals surface area contributed by atoms with Crippen LogP contribution >= 0.6 is 11.6 Å². The molecule has 7 heteroatoms. The lowest BCUT2D eigenvalue weighted by molar-refractivity contribution is 0.0713. The van der Waals surface area contributed by atoms with Gasteiger partial charge in [0.05, 0.1) is 0 Å². The highest BCUT2D eigenvalue weighted by atomic mass is 35.5. The van der Waals surface area contributed by atoms with Crippen LogP contribution in [0.2, 0.25) is 5.02 Å². The molecule has 0 spiro atoms. The monoisotopic (exact) mass is 406 g/mol. The molecule has 4 aromatic rings. The SMILES string of the molecule is O=C(c1conc1-c1ccc(Cl)cc1)N1CCC(c2c[nH]c3ncccc23)CC1. The molecule has 1 aromatic carbocycles. The van der Waals surface area contributed by atoms with Gasteiger partial charge in [0.1, 0.15) is 23.2 Å². The second-order valence-corrected chi connectivity index (χ2v) is 7.73. The predicted molar refractivity (Wildman–Crippen MR) is 111 cm³/mol. The van der Waals surface area contributed by atoms with E-state index < -0.39 is 0 Å². The summed E-state index contributed by atoms with van der Waals surface area (Å²) < 4.78 is 5.13. The number of nitrogens with zero attached hydrogens (tertiary/aromatic N) is 3. The van der Waals surface area contributed by atoms with Gasteiger partial charge in [-0.25, -0.2) is 4.98 Å². The number of pyridine rings is 1. The van der Waals surface area contributed by atoms with Gasteiger partial charge >= 0.3 is 0 Å². The summed E-state index contributed by atoms with van der Waals surface area (Å²) in [5.41, 5.74) is 4.05. The van der Waals surface area contributed by atoms with Crippen molar-refractivity contribution in [3.8, 4) is 11.3 Å². The molecule has 0 bridgehead atoms. The summed E-state index contributed by atoms with van der Waals surface area (Å²) in [5.74, 6) is 0.366. The first-order chi connectivity index (χ1) is 14.2. The number of carbonyl (C=O) groups is 1. The van der Waals surface area contributed by atoms with Gasteiger partial charge in [-0.1, -0.05) is 28.9 Å². The molecular weight excluding hydrogens is 388 g/mol. The molecule has 4 heterocycles. The van der Waals surface area contributed by atoms with Crippen LogP contribution < -0.4 is 0 Å². The van der Waals surface area contributed by atoms with E-state index >= 15 is 0 Å². The van der Waals surface area contributed by atoms with Crippen LogP contribution in [-0.2, 0) is 0 Å². The summed E-state index contributed by atoms with van der Waals surface area (Å²) in [6.07, 6.45) is 7.10. The number of carbonyl (C=O) groups excluding carboxylic acids is 1. The Morgan fingerprint density at radius 3 is 2.76 bits per heavy atom. The molecule has 0 saturated carbocycles.